The summed E-state index contributed by atoms with van der Waals surface area (Å²) in [5, 5.41) is 4.29. The average Bonchev–Trinajstić information content (AvgIpc) is 2.59. The van der Waals surface area contributed by atoms with Gasteiger partial charge in [-0.2, -0.15) is 5.10 Å². The first-order chi connectivity index (χ1) is 11.6. The molecule has 0 aliphatic heterocycles. The van der Waals surface area contributed by atoms with Crippen LogP contribution in [0.4, 0.5) is 0 Å². The van der Waals surface area contributed by atoms with Gasteiger partial charge in [-0.3, -0.25) is 4.79 Å². The minimum Gasteiger partial charge on any atom is -0.483 e. The summed E-state index contributed by atoms with van der Waals surface area (Å²) >= 11 is 6.78. The SMILES string of the molecule is O=C(COc1ccc(Br)cc1Br)NN=C1CCCc2ccccc21. The molecule has 0 heterocycles. The van der Waals surface area contributed by atoms with Crippen LogP contribution in [0.5, 0.6) is 5.75 Å². The summed E-state index contributed by atoms with van der Waals surface area (Å²) in [4.78, 5) is 12.0. The maximum atomic E-state index is 12.0. The van der Waals surface area contributed by atoms with Crippen LogP contribution in [0, 0.1) is 0 Å². The molecule has 0 saturated carbocycles. The summed E-state index contributed by atoms with van der Waals surface area (Å²) in [5.41, 5.74) is 5.93. The van der Waals surface area contributed by atoms with Crippen LogP contribution in [0.15, 0.2) is 56.5 Å². The molecule has 3 rings (SSSR count). The highest BCUT2D eigenvalue weighted by molar-refractivity contribution is 9.11. The van der Waals surface area contributed by atoms with Crippen molar-refractivity contribution in [2.75, 3.05) is 6.61 Å². The van der Waals surface area contributed by atoms with Crippen molar-refractivity contribution in [3.8, 4) is 5.75 Å². The lowest BCUT2D eigenvalue weighted by atomic mass is 9.90. The van der Waals surface area contributed by atoms with Crippen molar-refractivity contribution in [1.29, 1.82) is 0 Å². The minimum atomic E-state index is -0.277. The Morgan fingerprint density at radius 2 is 2.00 bits per heavy atom. The fraction of sp³-hybridized carbons (Fsp3) is 0.222. The normalized spacial score (nSPS) is 15.0. The van der Waals surface area contributed by atoms with Crippen molar-refractivity contribution in [3.05, 3.63) is 62.5 Å². The summed E-state index contributed by atoms with van der Waals surface area (Å²) in [6, 6.07) is 13.7. The number of hydrazone groups is 1. The Morgan fingerprint density at radius 3 is 2.83 bits per heavy atom. The quantitative estimate of drug-likeness (QED) is 0.698. The molecule has 0 aromatic heterocycles. The number of aryl methyl sites for hydroxylation is 1. The number of rotatable bonds is 4. The molecule has 24 heavy (non-hydrogen) atoms. The van der Waals surface area contributed by atoms with Crippen molar-refractivity contribution in [3.63, 3.8) is 0 Å². The molecule has 0 atom stereocenters. The standard InChI is InChI=1S/C18H16Br2N2O2/c19-13-8-9-17(15(20)10-13)24-11-18(23)22-21-16-7-3-5-12-4-1-2-6-14(12)16/h1-2,4,6,8-10H,3,5,7,11H2,(H,22,23). The van der Waals surface area contributed by atoms with E-state index in [1.54, 1.807) is 6.07 Å². The molecule has 1 aliphatic rings. The molecule has 2 aromatic carbocycles. The van der Waals surface area contributed by atoms with E-state index >= 15 is 0 Å². The maximum Gasteiger partial charge on any atom is 0.277 e. The third-order valence-electron chi connectivity index (χ3n) is 3.76. The number of nitrogens with one attached hydrogen (secondary N) is 1. The Morgan fingerprint density at radius 1 is 1.17 bits per heavy atom. The van der Waals surface area contributed by atoms with Crippen LogP contribution >= 0.6 is 31.9 Å². The number of ether oxygens (including phenoxy) is 1. The van der Waals surface area contributed by atoms with E-state index in [9.17, 15) is 4.79 Å². The van der Waals surface area contributed by atoms with Gasteiger partial charge in [-0.1, -0.05) is 40.2 Å². The van der Waals surface area contributed by atoms with Gasteiger partial charge in [0.1, 0.15) is 5.75 Å². The van der Waals surface area contributed by atoms with Gasteiger partial charge in [0.15, 0.2) is 6.61 Å². The molecular weight excluding hydrogens is 436 g/mol. The van der Waals surface area contributed by atoms with E-state index in [-0.39, 0.29) is 12.5 Å². The van der Waals surface area contributed by atoms with E-state index in [4.69, 9.17) is 4.74 Å². The predicted octanol–water partition coefficient (Wildman–Crippen LogP) is 4.45. The van der Waals surface area contributed by atoms with Crippen molar-refractivity contribution in [2.24, 2.45) is 5.10 Å². The van der Waals surface area contributed by atoms with E-state index in [0.717, 1.165) is 39.5 Å². The molecule has 1 N–H and O–H groups in total. The molecule has 1 aliphatic carbocycles. The molecule has 0 saturated heterocycles. The Balaban J connectivity index is 1.60. The fourth-order valence-electron chi connectivity index (χ4n) is 2.61. The summed E-state index contributed by atoms with van der Waals surface area (Å²) < 4.78 is 7.24. The van der Waals surface area contributed by atoms with E-state index in [0.29, 0.717) is 5.75 Å². The van der Waals surface area contributed by atoms with Gasteiger partial charge in [-0.15, -0.1) is 0 Å². The smallest absolute Gasteiger partial charge is 0.277 e. The van der Waals surface area contributed by atoms with Gasteiger partial charge >= 0.3 is 0 Å². The lowest BCUT2D eigenvalue weighted by Gasteiger charge is -2.17. The number of halogens is 2. The van der Waals surface area contributed by atoms with Crippen LogP contribution in [0.1, 0.15) is 24.0 Å². The molecule has 0 fully saturated rings. The lowest BCUT2D eigenvalue weighted by molar-refractivity contribution is -0.123. The molecule has 0 unspecified atom stereocenters. The zero-order chi connectivity index (χ0) is 16.9. The van der Waals surface area contributed by atoms with Crippen LogP contribution < -0.4 is 10.2 Å². The largest absolute Gasteiger partial charge is 0.483 e. The number of carbonyl (C=O) groups excluding carboxylic acids is 1. The summed E-state index contributed by atoms with van der Waals surface area (Å²) in [6.45, 7) is -0.0847. The summed E-state index contributed by atoms with van der Waals surface area (Å²) in [7, 11) is 0. The average molecular weight is 452 g/mol. The van der Waals surface area contributed by atoms with Gasteiger partial charge in [0, 0.05) is 10.0 Å². The molecule has 2 aromatic rings. The van der Waals surface area contributed by atoms with E-state index in [1.165, 1.54) is 5.56 Å². The second-order valence-electron chi connectivity index (χ2n) is 5.47. The molecule has 1 amide bonds. The fourth-order valence-corrected chi connectivity index (χ4v) is 3.78. The first-order valence-corrected chi connectivity index (χ1v) is 9.23. The third kappa shape index (κ3) is 4.24. The highest BCUT2D eigenvalue weighted by atomic mass is 79.9. The Bertz CT molecular complexity index is 790. The number of hydrogen-bond donors (Lipinski definition) is 1. The molecule has 124 valence electrons. The number of fused-ring (bicyclic) bond motifs is 1. The van der Waals surface area contributed by atoms with Gasteiger partial charge in [0.05, 0.1) is 10.2 Å². The molecular formula is C18H16Br2N2O2. The van der Waals surface area contributed by atoms with Gasteiger partial charge in [0.25, 0.3) is 5.91 Å². The molecule has 0 radical (unpaired) electrons. The molecule has 0 bridgehead atoms. The van der Waals surface area contributed by atoms with Gasteiger partial charge in [-0.05, 0) is 59.0 Å². The van der Waals surface area contributed by atoms with Crippen LogP contribution in [0.25, 0.3) is 0 Å². The molecule has 6 heteroatoms. The topological polar surface area (TPSA) is 50.7 Å². The van der Waals surface area contributed by atoms with E-state index in [1.807, 2.05) is 24.3 Å². The summed E-state index contributed by atoms with van der Waals surface area (Å²) in [5.74, 6) is 0.337. The second kappa shape index (κ2) is 7.94. The van der Waals surface area contributed by atoms with Crippen molar-refractivity contribution in [2.45, 2.75) is 19.3 Å². The van der Waals surface area contributed by atoms with E-state index < -0.39 is 0 Å². The second-order valence-corrected chi connectivity index (χ2v) is 7.24. The molecule has 4 nitrogen and oxygen atoms in total. The predicted molar refractivity (Wildman–Crippen MR) is 101 cm³/mol. The van der Waals surface area contributed by atoms with Crippen molar-refractivity contribution < 1.29 is 9.53 Å². The Labute approximate surface area is 157 Å². The van der Waals surface area contributed by atoms with Crippen molar-refractivity contribution in [1.82, 2.24) is 5.43 Å². The zero-order valence-corrected chi connectivity index (χ0v) is 16.1. The van der Waals surface area contributed by atoms with Crippen LogP contribution in [-0.2, 0) is 11.2 Å². The Hall–Kier alpha value is -1.66. The van der Waals surface area contributed by atoms with Crippen LogP contribution in [0.3, 0.4) is 0 Å². The number of hydrogen-bond acceptors (Lipinski definition) is 3. The zero-order valence-electron chi connectivity index (χ0n) is 12.9. The third-order valence-corrected chi connectivity index (χ3v) is 4.87. The highest BCUT2D eigenvalue weighted by Gasteiger charge is 2.15. The summed E-state index contributed by atoms with van der Waals surface area (Å²) in [6.07, 6.45) is 2.98. The first-order valence-electron chi connectivity index (χ1n) is 7.65. The van der Waals surface area contributed by atoms with Crippen LogP contribution in [-0.4, -0.2) is 18.2 Å². The first kappa shape index (κ1) is 17.2. The van der Waals surface area contributed by atoms with Gasteiger partial charge in [-0.25, -0.2) is 5.43 Å². The number of amides is 1. The van der Waals surface area contributed by atoms with Crippen molar-refractivity contribution >= 4 is 43.5 Å². The molecule has 0 spiro atoms. The number of carbonyl (C=O) groups is 1. The maximum absolute atomic E-state index is 12.0. The van der Waals surface area contributed by atoms with E-state index in [2.05, 4.69) is 54.5 Å². The van der Waals surface area contributed by atoms with Crippen LogP contribution in [0.2, 0.25) is 0 Å². The lowest BCUT2D eigenvalue weighted by Crippen LogP contribution is -2.27. The monoisotopic (exact) mass is 450 g/mol. The minimum absolute atomic E-state index is 0.0847. The van der Waals surface area contributed by atoms with Gasteiger partial charge < -0.3 is 4.74 Å². The number of benzene rings is 2. The van der Waals surface area contributed by atoms with Gasteiger partial charge in [0.2, 0.25) is 0 Å². The Kier molecular flexibility index (Phi) is 5.68. The number of nitrogens with zero attached hydrogens (tertiary/aromatic N) is 1. The highest BCUT2D eigenvalue weighted by Crippen LogP contribution is 2.28.